The van der Waals surface area contributed by atoms with Crippen LogP contribution in [0.3, 0.4) is 0 Å². The Morgan fingerprint density at radius 3 is 2.40 bits per heavy atom. The number of phenolic OH excluding ortho intramolecular Hbond substituents is 2. The molecule has 6 heteroatoms. The predicted octanol–water partition coefficient (Wildman–Crippen LogP) is 3.35. The molecule has 0 aliphatic carbocycles. The lowest BCUT2D eigenvalue weighted by Gasteiger charge is -2.11. The Morgan fingerprint density at radius 1 is 0.800 bits per heavy atom. The Hall–Kier alpha value is -3.67. The normalized spacial score (nSPS) is 10.9. The Kier molecular flexibility index (Phi) is 3.43. The SMILES string of the molecule is Nc1ncnc2ccc(-c3cccnc3-c3cc(O)cc(O)c3)cc12. The second kappa shape index (κ2) is 5.76. The number of hydrogen-bond donors (Lipinski definition) is 3. The minimum Gasteiger partial charge on any atom is -0.508 e. The maximum atomic E-state index is 9.77. The van der Waals surface area contributed by atoms with Crippen LogP contribution >= 0.6 is 0 Å². The third-order valence-electron chi connectivity index (χ3n) is 3.96. The van der Waals surface area contributed by atoms with Crippen molar-refractivity contribution in [1.29, 1.82) is 0 Å². The summed E-state index contributed by atoms with van der Waals surface area (Å²) < 4.78 is 0. The van der Waals surface area contributed by atoms with Crippen molar-refractivity contribution in [3.05, 3.63) is 61.1 Å². The molecule has 2 aromatic heterocycles. The van der Waals surface area contributed by atoms with Crippen molar-refractivity contribution in [3.63, 3.8) is 0 Å². The summed E-state index contributed by atoms with van der Waals surface area (Å²) in [5.41, 5.74) is 9.71. The standard InChI is InChI=1S/C19H14N4O2/c20-19-16-8-11(3-4-17(16)22-10-23-19)15-2-1-5-21-18(15)12-6-13(24)9-14(25)7-12/h1-10,24-25H,(H2,20,22,23). The number of pyridine rings is 1. The van der Waals surface area contributed by atoms with Gasteiger partial charge in [0.2, 0.25) is 0 Å². The maximum Gasteiger partial charge on any atom is 0.134 e. The van der Waals surface area contributed by atoms with Gasteiger partial charge in [-0.1, -0.05) is 12.1 Å². The largest absolute Gasteiger partial charge is 0.508 e. The van der Waals surface area contributed by atoms with E-state index in [-0.39, 0.29) is 11.5 Å². The number of aromatic nitrogens is 3. The molecule has 0 saturated heterocycles. The van der Waals surface area contributed by atoms with E-state index in [4.69, 9.17) is 5.73 Å². The predicted molar refractivity (Wildman–Crippen MR) is 95.9 cm³/mol. The summed E-state index contributed by atoms with van der Waals surface area (Å²) in [6, 6.07) is 13.9. The van der Waals surface area contributed by atoms with Crippen LogP contribution in [0.4, 0.5) is 5.82 Å². The Morgan fingerprint density at radius 2 is 1.60 bits per heavy atom. The Bertz CT molecular complexity index is 1080. The van der Waals surface area contributed by atoms with Gasteiger partial charge in [-0.2, -0.15) is 0 Å². The number of rotatable bonds is 2. The summed E-state index contributed by atoms with van der Waals surface area (Å²) in [4.78, 5) is 12.7. The van der Waals surface area contributed by atoms with Crippen LogP contribution in [-0.2, 0) is 0 Å². The number of fused-ring (bicyclic) bond motifs is 1. The number of nitrogen functional groups attached to an aromatic ring is 1. The van der Waals surface area contributed by atoms with Gasteiger partial charge in [0.1, 0.15) is 23.6 Å². The van der Waals surface area contributed by atoms with Crippen molar-refractivity contribution in [2.75, 3.05) is 5.73 Å². The van der Waals surface area contributed by atoms with Gasteiger partial charge >= 0.3 is 0 Å². The van der Waals surface area contributed by atoms with Crippen molar-refractivity contribution in [2.45, 2.75) is 0 Å². The molecular weight excluding hydrogens is 316 g/mol. The molecule has 0 spiro atoms. The van der Waals surface area contributed by atoms with Crippen molar-refractivity contribution in [3.8, 4) is 33.9 Å². The molecule has 122 valence electrons. The summed E-state index contributed by atoms with van der Waals surface area (Å²) in [6.45, 7) is 0. The molecule has 0 saturated carbocycles. The summed E-state index contributed by atoms with van der Waals surface area (Å²) in [7, 11) is 0. The Labute approximate surface area is 143 Å². The van der Waals surface area contributed by atoms with Crippen LogP contribution in [0.1, 0.15) is 0 Å². The minimum absolute atomic E-state index is 0.0252. The number of nitrogens with two attached hydrogens (primary N) is 1. The third-order valence-corrected chi connectivity index (χ3v) is 3.96. The molecular formula is C19H14N4O2. The lowest BCUT2D eigenvalue weighted by molar-refractivity contribution is 0.451. The fraction of sp³-hybridized carbons (Fsp3) is 0. The van der Waals surface area contributed by atoms with Crippen LogP contribution in [0.15, 0.2) is 61.1 Å². The number of nitrogens with zero attached hydrogens (tertiary/aromatic N) is 3. The minimum atomic E-state index is -0.0252. The molecule has 0 aliphatic rings. The van der Waals surface area contributed by atoms with Crippen molar-refractivity contribution < 1.29 is 10.2 Å². The van der Waals surface area contributed by atoms with E-state index in [9.17, 15) is 10.2 Å². The van der Waals surface area contributed by atoms with Gasteiger partial charge in [0.15, 0.2) is 0 Å². The monoisotopic (exact) mass is 330 g/mol. The zero-order chi connectivity index (χ0) is 17.4. The molecule has 2 heterocycles. The molecule has 0 bridgehead atoms. The first-order chi connectivity index (χ1) is 12.1. The number of benzene rings is 2. The number of aromatic hydroxyl groups is 2. The molecule has 0 amide bonds. The molecule has 0 atom stereocenters. The van der Waals surface area contributed by atoms with Gasteiger partial charge in [-0.05, 0) is 35.9 Å². The number of hydrogen-bond acceptors (Lipinski definition) is 6. The highest BCUT2D eigenvalue weighted by Gasteiger charge is 2.12. The van der Waals surface area contributed by atoms with Gasteiger partial charge in [-0.3, -0.25) is 4.98 Å². The highest BCUT2D eigenvalue weighted by molar-refractivity contribution is 5.93. The van der Waals surface area contributed by atoms with E-state index >= 15 is 0 Å². The molecule has 4 rings (SSSR count). The summed E-state index contributed by atoms with van der Waals surface area (Å²) >= 11 is 0. The van der Waals surface area contributed by atoms with Gasteiger partial charge in [0.25, 0.3) is 0 Å². The quantitative estimate of drug-likeness (QED) is 0.520. The third kappa shape index (κ3) is 2.70. The molecule has 0 unspecified atom stereocenters. The topological polar surface area (TPSA) is 105 Å². The van der Waals surface area contributed by atoms with Crippen LogP contribution in [0.5, 0.6) is 11.5 Å². The average molecular weight is 330 g/mol. The van der Waals surface area contributed by atoms with Crippen LogP contribution in [0.2, 0.25) is 0 Å². The zero-order valence-corrected chi connectivity index (χ0v) is 13.1. The van der Waals surface area contributed by atoms with E-state index in [0.717, 1.165) is 22.0 Å². The molecule has 2 aromatic carbocycles. The summed E-state index contributed by atoms with van der Waals surface area (Å²) in [5.74, 6) is 0.359. The second-order valence-corrected chi connectivity index (χ2v) is 5.63. The van der Waals surface area contributed by atoms with E-state index in [0.29, 0.717) is 17.1 Å². The fourth-order valence-corrected chi connectivity index (χ4v) is 2.84. The fourth-order valence-electron chi connectivity index (χ4n) is 2.84. The van der Waals surface area contributed by atoms with E-state index in [1.165, 1.54) is 12.4 Å². The van der Waals surface area contributed by atoms with Crippen molar-refractivity contribution in [1.82, 2.24) is 15.0 Å². The molecule has 4 N–H and O–H groups in total. The van der Waals surface area contributed by atoms with E-state index in [1.807, 2.05) is 30.3 Å². The van der Waals surface area contributed by atoms with Crippen molar-refractivity contribution in [2.24, 2.45) is 0 Å². The molecule has 0 radical (unpaired) electrons. The highest BCUT2D eigenvalue weighted by atomic mass is 16.3. The highest BCUT2D eigenvalue weighted by Crippen LogP contribution is 2.35. The molecule has 0 aliphatic heterocycles. The number of anilines is 1. The van der Waals surface area contributed by atoms with Gasteiger partial charge in [-0.15, -0.1) is 0 Å². The molecule has 6 nitrogen and oxygen atoms in total. The first-order valence-electron chi connectivity index (χ1n) is 7.61. The molecule has 25 heavy (non-hydrogen) atoms. The first kappa shape index (κ1) is 14.9. The maximum absolute atomic E-state index is 9.77. The molecule has 4 aromatic rings. The van der Waals surface area contributed by atoms with Crippen LogP contribution in [-0.4, -0.2) is 25.2 Å². The van der Waals surface area contributed by atoms with E-state index in [2.05, 4.69) is 15.0 Å². The van der Waals surface area contributed by atoms with Gasteiger partial charge in [-0.25, -0.2) is 9.97 Å². The lowest BCUT2D eigenvalue weighted by atomic mass is 9.98. The summed E-state index contributed by atoms with van der Waals surface area (Å²) in [5, 5.41) is 20.3. The second-order valence-electron chi connectivity index (χ2n) is 5.63. The van der Waals surface area contributed by atoms with Crippen molar-refractivity contribution >= 4 is 16.7 Å². The first-order valence-corrected chi connectivity index (χ1v) is 7.61. The van der Waals surface area contributed by atoms with Gasteiger partial charge in [0, 0.05) is 28.8 Å². The lowest BCUT2D eigenvalue weighted by Crippen LogP contribution is -1.94. The molecule has 0 fully saturated rings. The van der Waals surface area contributed by atoms with E-state index < -0.39 is 0 Å². The van der Waals surface area contributed by atoms with E-state index in [1.54, 1.807) is 18.3 Å². The summed E-state index contributed by atoms with van der Waals surface area (Å²) in [6.07, 6.45) is 3.10. The van der Waals surface area contributed by atoms with Crippen LogP contribution in [0, 0.1) is 0 Å². The average Bonchev–Trinajstić information content (AvgIpc) is 2.61. The van der Waals surface area contributed by atoms with Gasteiger partial charge in [0.05, 0.1) is 11.2 Å². The van der Waals surface area contributed by atoms with Crippen LogP contribution < -0.4 is 5.73 Å². The zero-order valence-electron chi connectivity index (χ0n) is 13.1. The number of phenols is 2. The smallest absolute Gasteiger partial charge is 0.134 e. The van der Waals surface area contributed by atoms with Gasteiger partial charge < -0.3 is 15.9 Å². The van der Waals surface area contributed by atoms with Crippen LogP contribution in [0.25, 0.3) is 33.3 Å². The Balaban J connectivity index is 1.94.